The molecule has 0 saturated heterocycles. The van der Waals surface area contributed by atoms with Gasteiger partial charge in [0, 0.05) is 0 Å². The molecule has 0 aliphatic rings. The number of hydrogen-bond donors (Lipinski definition) is 0. The summed E-state index contributed by atoms with van der Waals surface area (Å²) in [6.45, 7) is -0.751. The van der Waals surface area contributed by atoms with Crippen molar-refractivity contribution < 1.29 is 13.7 Å². The van der Waals surface area contributed by atoms with E-state index in [1.807, 2.05) is 0 Å². The van der Waals surface area contributed by atoms with Crippen LogP contribution in [0.3, 0.4) is 0 Å². The molecule has 0 aliphatic carbocycles. The first kappa shape index (κ1) is 10.3. The van der Waals surface area contributed by atoms with Gasteiger partial charge in [0.1, 0.15) is 0 Å². The van der Waals surface area contributed by atoms with Gasteiger partial charge in [-0.05, 0) is 27.5 Å². The summed E-state index contributed by atoms with van der Waals surface area (Å²) in [5.41, 5.74) is 0. The van der Waals surface area contributed by atoms with Gasteiger partial charge in [0.15, 0.2) is 10.2 Å². The Morgan fingerprint density at radius 2 is 2.38 bits per heavy atom. The molecular weight excluding hydrogens is 299 g/mol. The third-order valence-electron chi connectivity index (χ3n) is 1.23. The van der Waals surface area contributed by atoms with Crippen LogP contribution in [0.15, 0.2) is 6.07 Å². The van der Waals surface area contributed by atoms with Crippen molar-refractivity contribution >= 4 is 28.4 Å². The number of nitro groups is 1. The number of alkyl halides is 2. The molecule has 1 rings (SSSR count). The van der Waals surface area contributed by atoms with Crippen LogP contribution in [0.25, 0.3) is 0 Å². The van der Waals surface area contributed by atoms with Crippen LogP contribution in [-0.4, -0.2) is 21.1 Å². The van der Waals surface area contributed by atoms with Crippen molar-refractivity contribution in [1.82, 2.24) is 9.78 Å². The molecule has 1 aromatic heterocycles. The van der Waals surface area contributed by atoms with Crippen LogP contribution in [0.1, 0.15) is 0 Å². The summed E-state index contributed by atoms with van der Waals surface area (Å²) in [6, 6.07) is 1.14. The summed E-state index contributed by atoms with van der Waals surface area (Å²) in [7, 11) is 0. The van der Waals surface area contributed by atoms with Crippen LogP contribution in [-0.2, 0) is 6.54 Å². The molecule has 5 nitrogen and oxygen atoms in total. The van der Waals surface area contributed by atoms with E-state index in [-0.39, 0.29) is 0 Å². The monoisotopic (exact) mass is 303 g/mol. The van der Waals surface area contributed by atoms with Crippen molar-refractivity contribution in [2.24, 2.45) is 0 Å². The maximum absolute atomic E-state index is 11.9. The number of hydrogen-bond acceptors (Lipinski definition) is 3. The zero-order valence-electron chi connectivity index (χ0n) is 6.15. The lowest BCUT2D eigenvalue weighted by Gasteiger charge is -1.96. The highest BCUT2D eigenvalue weighted by atomic mass is 127. The van der Waals surface area contributed by atoms with E-state index in [4.69, 9.17) is 0 Å². The van der Waals surface area contributed by atoms with Crippen molar-refractivity contribution in [2.45, 2.75) is 13.0 Å². The molecule has 1 aromatic rings. The SMILES string of the molecule is O=[N+]([O-])c1cc(I)nn1CC(F)F. The van der Waals surface area contributed by atoms with Crippen LogP contribution < -0.4 is 0 Å². The average molecular weight is 303 g/mol. The average Bonchev–Trinajstić information content (AvgIpc) is 2.29. The fourth-order valence-electron chi connectivity index (χ4n) is 0.788. The zero-order chi connectivity index (χ0) is 10.0. The smallest absolute Gasteiger partial charge is 0.346 e. The third kappa shape index (κ3) is 2.57. The van der Waals surface area contributed by atoms with Gasteiger partial charge in [0.05, 0.1) is 6.07 Å². The van der Waals surface area contributed by atoms with E-state index in [0.29, 0.717) is 8.38 Å². The number of halogens is 3. The molecule has 0 saturated carbocycles. The molecule has 0 unspecified atom stereocenters. The Bertz CT molecular complexity index is 328. The summed E-state index contributed by atoms with van der Waals surface area (Å²) in [5, 5.41) is 13.9. The number of rotatable bonds is 3. The first-order valence-corrected chi connectivity index (χ1v) is 4.24. The molecule has 8 heteroatoms. The van der Waals surface area contributed by atoms with Crippen molar-refractivity contribution in [2.75, 3.05) is 0 Å². The summed E-state index contributed by atoms with van der Waals surface area (Å²) >= 11 is 1.73. The minimum atomic E-state index is -2.64. The van der Waals surface area contributed by atoms with Gasteiger partial charge in [0.2, 0.25) is 0 Å². The Labute approximate surface area is 85.0 Å². The molecule has 0 bridgehead atoms. The lowest BCUT2D eigenvalue weighted by atomic mass is 10.6. The standard InChI is InChI=1S/C5H4F2IN3O2/c6-3(7)2-10-5(11(12)13)1-4(8)9-10/h1,3H,2H2. The van der Waals surface area contributed by atoms with Crippen molar-refractivity contribution in [3.05, 3.63) is 19.9 Å². The Balaban J connectivity index is 2.97. The maximum Gasteiger partial charge on any atom is 0.346 e. The largest absolute Gasteiger partial charge is 0.358 e. The van der Waals surface area contributed by atoms with Gasteiger partial charge in [-0.1, -0.05) is 5.10 Å². The second kappa shape index (κ2) is 3.94. The normalized spacial score (nSPS) is 10.8. The van der Waals surface area contributed by atoms with Crippen LogP contribution in [0.4, 0.5) is 14.6 Å². The topological polar surface area (TPSA) is 61.0 Å². The summed E-state index contributed by atoms with van der Waals surface area (Å²) < 4.78 is 24.8. The first-order chi connectivity index (χ1) is 6.00. The van der Waals surface area contributed by atoms with Gasteiger partial charge in [-0.15, -0.1) is 4.68 Å². The molecule has 0 amide bonds. The van der Waals surface area contributed by atoms with E-state index in [0.717, 1.165) is 6.07 Å². The highest BCUT2D eigenvalue weighted by molar-refractivity contribution is 14.1. The van der Waals surface area contributed by atoms with Gasteiger partial charge < -0.3 is 10.1 Å². The second-order valence-electron chi connectivity index (χ2n) is 2.16. The van der Waals surface area contributed by atoms with Gasteiger partial charge in [-0.2, -0.15) is 0 Å². The van der Waals surface area contributed by atoms with Crippen molar-refractivity contribution in [1.29, 1.82) is 0 Å². The lowest BCUT2D eigenvalue weighted by molar-refractivity contribution is -0.393. The maximum atomic E-state index is 11.9. The number of nitrogens with zero attached hydrogens (tertiary/aromatic N) is 3. The first-order valence-electron chi connectivity index (χ1n) is 3.16. The lowest BCUT2D eigenvalue weighted by Crippen LogP contribution is -2.10. The molecule has 0 radical (unpaired) electrons. The molecule has 72 valence electrons. The predicted molar refractivity (Wildman–Crippen MR) is 47.6 cm³/mol. The summed E-state index contributed by atoms with van der Waals surface area (Å²) in [6.07, 6.45) is -2.64. The van der Waals surface area contributed by atoms with E-state index in [1.165, 1.54) is 0 Å². The fourth-order valence-corrected chi connectivity index (χ4v) is 1.33. The van der Waals surface area contributed by atoms with E-state index in [9.17, 15) is 18.9 Å². The van der Waals surface area contributed by atoms with Gasteiger partial charge in [0.25, 0.3) is 6.43 Å². The fraction of sp³-hybridized carbons (Fsp3) is 0.400. The van der Waals surface area contributed by atoms with Crippen LogP contribution in [0, 0.1) is 13.8 Å². The van der Waals surface area contributed by atoms with Crippen molar-refractivity contribution in [3.63, 3.8) is 0 Å². The Hall–Kier alpha value is -0.800. The molecule has 0 spiro atoms. The quantitative estimate of drug-likeness (QED) is 0.485. The summed E-state index contributed by atoms with van der Waals surface area (Å²) in [5.74, 6) is -0.412. The van der Waals surface area contributed by atoms with E-state index in [1.54, 1.807) is 22.6 Å². The number of aromatic nitrogens is 2. The Kier molecular flexibility index (Phi) is 3.12. The Morgan fingerprint density at radius 3 is 2.85 bits per heavy atom. The molecular formula is C5H4F2IN3O2. The van der Waals surface area contributed by atoms with E-state index >= 15 is 0 Å². The molecule has 1 heterocycles. The molecule has 13 heavy (non-hydrogen) atoms. The zero-order valence-corrected chi connectivity index (χ0v) is 8.31. The minimum Gasteiger partial charge on any atom is -0.358 e. The third-order valence-corrected chi connectivity index (χ3v) is 1.75. The van der Waals surface area contributed by atoms with Crippen LogP contribution >= 0.6 is 22.6 Å². The van der Waals surface area contributed by atoms with Crippen molar-refractivity contribution in [3.8, 4) is 0 Å². The highest BCUT2D eigenvalue weighted by Gasteiger charge is 2.20. The van der Waals surface area contributed by atoms with Crippen LogP contribution in [0.5, 0.6) is 0 Å². The molecule has 0 aliphatic heterocycles. The van der Waals surface area contributed by atoms with Gasteiger partial charge in [-0.25, -0.2) is 8.78 Å². The molecule has 0 N–H and O–H groups in total. The van der Waals surface area contributed by atoms with Gasteiger partial charge >= 0.3 is 5.82 Å². The Morgan fingerprint density at radius 1 is 1.77 bits per heavy atom. The minimum absolute atomic E-state index is 0.324. The molecule has 0 fully saturated rings. The second-order valence-corrected chi connectivity index (χ2v) is 3.26. The van der Waals surface area contributed by atoms with E-state index < -0.39 is 23.7 Å². The van der Waals surface area contributed by atoms with Crippen LogP contribution in [0.2, 0.25) is 0 Å². The van der Waals surface area contributed by atoms with Gasteiger partial charge in [-0.3, -0.25) is 0 Å². The highest BCUT2D eigenvalue weighted by Crippen LogP contribution is 2.16. The summed E-state index contributed by atoms with van der Waals surface area (Å²) in [4.78, 5) is 9.57. The molecule has 0 aromatic carbocycles. The predicted octanol–water partition coefficient (Wildman–Crippen LogP) is 1.66. The van der Waals surface area contributed by atoms with E-state index in [2.05, 4.69) is 5.10 Å². The molecule has 0 atom stereocenters.